The smallest absolute Gasteiger partial charge is 0.250 e. The molecule has 0 spiro atoms. The minimum atomic E-state index is -0.867. The maximum absolute atomic E-state index is 13.4. The van der Waals surface area contributed by atoms with Crippen LogP contribution in [0.2, 0.25) is 0 Å². The van der Waals surface area contributed by atoms with Crippen LogP contribution < -0.4 is 11.1 Å². The average molecular weight is 389 g/mol. The molecule has 3 N–H and O–H groups in total. The Labute approximate surface area is 164 Å². The lowest BCUT2D eigenvalue weighted by molar-refractivity contribution is -0.143. The highest BCUT2D eigenvalue weighted by Crippen LogP contribution is 2.34. The summed E-state index contributed by atoms with van der Waals surface area (Å²) in [5, 5.41) is 2.96. The number of piperazine rings is 1. The fourth-order valence-corrected chi connectivity index (χ4v) is 3.97. The zero-order valence-electron chi connectivity index (χ0n) is 16.3. The first-order chi connectivity index (χ1) is 13.4. The number of rotatable bonds is 3. The molecule has 8 heteroatoms. The van der Waals surface area contributed by atoms with Gasteiger partial charge in [0.05, 0.1) is 0 Å². The summed E-state index contributed by atoms with van der Waals surface area (Å²) in [6.45, 7) is 3.67. The molecule has 2 fully saturated rings. The van der Waals surface area contributed by atoms with Gasteiger partial charge in [-0.15, -0.1) is 0 Å². The molecule has 152 valence electrons. The number of halogens is 1. The predicted octanol–water partition coefficient (Wildman–Crippen LogP) is 1.95. The van der Waals surface area contributed by atoms with Gasteiger partial charge in [0.1, 0.15) is 11.4 Å². The second-order valence-corrected chi connectivity index (χ2v) is 7.52. The maximum Gasteiger partial charge on any atom is 0.250 e. The van der Waals surface area contributed by atoms with E-state index in [0.29, 0.717) is 44.7 Å². The van der Waals surface area contributed by atoms with Gasteiger partial charge in [0.2, 0.25) is 5.91 Å². The van der Waals surface area contributed by atoms with Crippen LogP contribution in [0.4, 0.5) is 10.1 Å². The number of carbonyl (C=O) groups is 2. The molecule has 0 atom stereocenters. The van der Waals surface area contributed by atoms with E-state index < -0.39 is 5.54 Å². The van der Waals surface area contributed by atoms with Crippen molar-refractivity contribution in [1.82, 2.24) is 9.80 Å². The third-order valence-corrected chi connectivity index (χ3v) is 5.54. The number of nitrogens with one attached hydrogen (secondary N) is 1. The van der Waals surface area contributed by atoms with Gasteiger partial charge in [0.25, 0.3) is 5.91 Å². The summed E-state index contributed by atoms with van der Waals surface area (Å²) in [5.41, 5.74) is 5.86. The van der Waals surface area contributed by atoms with Gasteiger partial charge in [-0.1, -0.05) is 19.3 Å². The van der Waals surface area contributed by atoms with E-state index in [4.69, 9.17) is 5.73 Å². The molecular weight excluding hydrogens is 361 g/mol. The summed E-state index contributed by atoms with van der Waals surface area (Å²) >= 11 is 0. The monoisotopic (exact) mass is 389 g/mol. The normalized spacial score (nSPS) is 20.0. The van der Waals surface area contributed by atoms with Gasteiger partial charge in [0.15, 0.2) is 5.96 Å². The third-order valence-electron chi connectivity index (χ3n) is 5.54. The van der Waals surface area contributed by atoms with Gasteiger partial charge in [0, 0.05) is 38.8 Å². The van der Waals surface area contributed by atoms with E-state index in [2.05, 4.69) is 10.3 Å². The van der Waals surface area contributed by atoms with Crippen LogP contribution >= 0.6 is 0 Å². The molecule has 1 saturated heterocycles. The molecule has 0 bridgehead atoms. The number of amides is 2. The van der Waals surface area contributed by atoms with Crippen LogP contribution in [-0.2, 0) is 9.59 Å². The number of carbonyl (C=O) groups excluding carboxylic acids is 2. The van der Waals surface area contributed by atoms with Crippen molar-refractivity contribution in [3.05, 3.63) is 30.1 Å². The summed E-state index contributed by atoms with van der Waals surface area (Å²) in [7, 11) is 0. The highest BCUT2D eigenvalue weighted by molar-refractivity contribution is 5.96. The molecule has 1 aromatic carbocycles. The predicted molar refractivity (Wildman–Crippen MR) is 106 cm³/mol. The first-order valence-corrected chi connectivity index (χ1v) is 9.82. The molecule has 1 aliphatic heterocycles. The Morgan fingerprint density at radius 2 is 1.61 bits per heavy atom. The van der Waals surface area contributed by atoms with E-state index in [1.54, 1.807) is 28.9 Å². The lowest BCUT2D eigenvalue weighted by Gasteiger charge is -2.41. The standard InChI is InChI=1S/C20H28FN5O2/c1-15(27)25-11-13-26(14-12-25)18(28)20(9-3-2-4-10-20)24-19(22)23-17-7-5-16(21)6-8-17/h5-8H,2-4,9-14H2,1H3,(H3,22,23,24). The minimum absolute atomic E-state index is 0.0146. The largest absolute Gasteiger partial charge is 0.370 e. The summed E-state index contributed by atoms with van der Waals surface area (Å²) in [6, 6.07) is 5.83. The zero-order valence-corrected chi connectivity index (χ0v) is 16.3. The lowest BCUT2D eigenvalue weighted by Crippen LogP contribution is -2.56. The Hall–Kier alpha value is -2.64. The Morgan fingerprint density at radius 3 is 2.18 bits per heavy atom. The van der Waals surface area contributed by atoms with E-state index in [-0.39, 0.29) is 23.6 Å². The Morgan fingerprint density at radius 1 is 1.04 bits per heavy atom. The molecule has 3 rings (SSSR count). The van der Waals surface area contributed by atoms with E-state index >= 15 is 0 Å². The molecule has 7 nitrogen and oxygen atoms in total. The Bertz CT molecular complexity index is 735. The van der Waals surface area contributed by atoms with Crippen molar-refractivity contribution in [2.45, 2.75) is 44.6 Å². The van der Waals surface area contributed by atoms with Gasteiger partial charge in [-0.2, -0.15) is 0 Å². The van der Waals surface area contributed by atoms with E-state index in [0.717, 1.165) is 19.3 Å². The first kappa shape index (κ1) is 20.1. The van der Waals surface area contributed by atoms with Crippen molar-refractivity contribution in [3.8, 4) is 0 Å². The third kappa shape index (κ3) is 4.61. The molecule has 28 heavy (non-hydrogen) atoms. The van der Waals surface area contributed by atoms with Crippen molar-refractivity contribution < 1.29 is 14.0 Å². The van der Waals surface area contributed by atoms with Crippen LogP contribution in [0.25, 0.3) is 0 Å². The molecule has 0 unspecified atom stereocenters. The summed E-state index contributed by atoms with van der Waals surface area (Å²) in [5.74, 6) is -0.154. The second kappa shape index (κ2) is 8.58. The van der Waals surface area contributed by atoms with E-state index in [9.17, 15) is 14.0 Å². The quantitative estimate of drug-likeness (QED) is 0.611. The number of hydrogen-bond acceptors (Lipinski definition) is 3. The van der Waals surface area contributed by atoms with E-state index in [1.165, 1.54) is 12.1 Å². The number of nitrogens with two attached hydrogens (primary N) is 1. The molecule has 2 amide bonds. The average Bonchev–Trinajstić information content (AvgIpc) is 2.70. The Balaban J connectivity index is 1.75. The van der Waals surface area contributed by atoms with Crippen LogP contribution in [0.5, 0.6) is 0 Å². The number of aliphatic imine (C=N–C) groups is 1. The number of guanidine groups is 1. The summed E-state index contributed by atoms with van der Waals surface area (Å²) in [4.78, 5) is 33.1. The fraction of sp³-hybridized carbons (Fsp3) is 0.550. The highest BCUT2D eigenvalue weighted by Gasteiger charge is 2.43. The Kier molecular flexibility index (Phi) is 6.16. The molecule has 1 heterocycles. The van der Waals surface area contributed by atoms with Crippen molar-refractivity contribution >= 4 is 23.5 Å². The van der Waals surface area contributed by atoms with Gasteiger partial charge < -0.3 is 20.9 Å². The van der Waals surface area contributed by atoms with Gasteiger partial charge in [-0.3, -0.25) is 9.59 Å². The lowest BCUT2D eigenvalue weighted by atomic mass is 9.81. The minimum Gasteiger partial charge on any atom is -0.370 e. The molecule has 0 aromatic heterocycles. The molecular formula is C20H28FN5O2. The summed E-state index contributed by atoms with van der Waals surface area (Å²) in [6.07, 6.45) is 4.24. The highest BCUT2D eigenvalue weighted by atomic mass is 19.1. The molecule has 2 aliphatic rings. The SMILES string of the molecule is CC(=O)N1CCN(C(=O)C2(N=C(N)Nc3ccc(F)cc3)CCCCC2)CC1. The van der Waals surface area contributed by atoms with Crippen molar-refractivity contribution in [1.29, 1.82) is 0 Å². The van der Waals surface area contributed by atoms with E-state index in [1.807, 2.05) is 0 Å². The van der Waals surface area contributed by atoms with Crippen LogP contribution in [0, 0.1) is 5.82 Å². The molecule has 0 radical (unpaired) electrons. The van der Waals surface area contributed by atoms with Gasteiger partial charge in [-0.25, -0.2) is 9.38 Å². The number of nitrogens with zero attached hydrogens (tertiary/aromatic N) is 3. The van der Waals surface area contributed by atoms with Gasteiger partial charge >= 0.3 is 0 Å². The number of hydrogen-bond donors (Lipinski definition) is 2. The topological polar surface area (TPSA) is 91.0 Å². The van der Waals surface area contributed by atoms with Crippen molar-refractivity contribution in [2.75, 3.05) is 31.5 Å². The molecule has 1 aliphatic carbocycles. The second-order valence-electron chi connectivity index (χ2n) is 7.52. The van der Waals surface area contributed by atoms with Crippen molar-refractivity contribution in [2.24, 2.45) is 10.7 Å². The van der Waals surface area contributed by atoms with Crippen LogP contribution in [0.1, 0.15) is 39.0 Å². The maximum atomic E-state index is 13.4. The number of anilines is 1. The number of benzene rings is 1. The van der Waals surface area contributed by atoms with Gasteiger partial charge in [-0.05, 0) is 37.1 Å². The fourth-order valence-electron chi connectivity index (χ4n) is 3.97. The van der Waals surface area contributed by atoms with Crippen molar-refractivity contribution in [3.63, 3.8) is 0 Å². The summed E-state index contributed by atoms with van der Waals surface area (Å²) < 4.78 is 13.1. The van der Waals surface area contributed by atoms with Crippen LogP contribution in [0.15, 0.2) is 29.3 Å². The molecule has 1 saturated carbocycles. The molecule has 1 aromatic rings. The first-order valence-electron chi connectivity index (χ1n) is 9.82. The van der Waals surface area contributed by atoms with Crippen LogP contribution in [0.3, 0.4) is 0 Å². The zero-order chi connectivity index (χ0) is 20.1. The van der Waals surface area contributed by atoms with Crippen LogP contribution in [-0.4, -0.2) is 59.3 Å².